The number of aromatic amines is 1. The van der Waals surface area contributed by atoms with Gasteiger partial charge in [-0.2, -0.15) is 5.10 Å². The summed E-state index contributed by atoms with van der Waals surface area (Å²) < 4.78 is 0. The highest BCUT2D eigenvalue weighted by Crippen LogP contribution is 2.29. The average Bonchev–Trinajstić information content (AvgIpc) is 2.77. The molecule has 4 nitrogen and oxygen atoms in total. The van der Waals surface area contributed by atoms with Gasteiger partial charge in [-0.25, -0.2) is 0 Å². The number of likely N-dealkylation sites (tertiary alicyclic amines) is 1. The molecule has 0 bridgehead atoms. The monoisotopic (exact) mass is 270 g/mol. The molecule has 1 atom stereocenters. The van der Waals surface area contributed by atoms with E-state index in [0.717, 1.165) is 11.3 Å². The third kappa shape index (κ3) is 2.85. The number of hydrogen-bond acceptors (Lipinski definition) is 3. The summed E-state index contributed by atoms with van der Waals surface area (Å²) in [4.78, 5) is 2.43. The molecule has 4 heteroatoms. The normalized spacial score (nSPS) is 20.8. The molecule has 1 aliphatic rings. The molecule has 3 rings (SSSR count). The van der Waals surface area contributed by atoms with Crippen molar-refractivity contribution in [2.24, 2.45) is 0 Å². The number of anilines is 1. The number of aromatic nitrogens is 2. The van der Waals surface area contributed by atoms with Crippen LogP contribution < -0.4 is 5.73 Å². The Bertz CT molecular complexity index is 558. The Balaban J connectivity index is 1.75. The molecule has 20 heavy (non-hydrogen) atoms. The van der Waals surface area contributed by atoms with Crippen LogP contribution in [0.2, 0.25) is 0 Å². The van der Waals surface area contributed by atoms with E-state index in [0.29, 0.717) is 11.7 Å². The molecule has 1 aromatic heterocycles. The van der Waals surface area contributed by atoms with E-state index in [2.05, 4.69) is 46.4 Å². The maximum atomic E-state index is 5.65. The van der Waals surface area contributed by atoms with Crippen molar-refractivity contribution in [1.29, 1.82) is 0 Å². The van der Waals surface area contributed by atoms with Gasteiger partial charge in [-0.15, -0.1) is 0 Å². The quantitative estimate of drug-likeness (QED) is 0.882. The molecule has 0 amide bonds. The lowest BCUT2D eigenvalue weighted by molar-refractivity contribution is 0.347. The first-order valence-corrected chi connectivity index (χ1v) is 7.32. The minimum absolute atomic E-state index is 0.538. The lowest BCUT2D eigenvalue weighted by atomic mass is 9.91. The van der Waals surface area contributed by atoms with Gasteiger partial charge in [-0.1, -0.05) is 24.3 Å². The maximum absolute atomic E-state index is 5.65. The van der Waals surface area contributed by atoms with Crippen LogP contribution in [0.5, 0.6) is 0 Å². The fourth-order valence-corrected chi connectivity index (χ4v) is 2.99. The van der Waals surface area contributed by atoms with Gasteiger partial charge in [-0.05, 0) is 56.4 Å². The van der Waals surface area contributed by atoms with Crippen LogP contribution in [0.25, 0.3) is 11.3 Å². The standard InChI is InChI=1S/C16H22N4/c1-20-9-2-3-12(8-10-20)13-4-6-14(7-5-13)15-11-16(17)19-18-15/h4-7,11-12H,2-3,8-10H2,1H3,(H3,17,18,19). The summed E-state index contributed by atoms with van der Waals surface area (Å²) in [6, 6.07) is 10.7. The van der Waals surface area contributed by atoms with E-state index in [1.54, 1.807) is 0 Å². The summed E-state index contributed by atoms with van der Waals surface area (Å²) in [6.07, 6.45) is 3.84. The minimum atomic E-state index is 0.538. The van der Waals surface area contributed by atoms with E-state index in [9.17, 15) is 0 Å². The SMILES string of the molecule is CN1CCCC(c2ccc(-c3cc(N)n[nH]3)cc2)CC1. The summed E-state index contributed by atoms with van der Waals surface area (Å²) in [5.74, 6) is 1.23. The van der Waals surface area contributed by atoms with Crippen molar-refractivity contribution in [2.75, 3.05) is 25.9 Å². The largest absolute Gasteiger partial charge is 0.382 e. The van der Waals surface area contributed by atoms with Crippen LogP contribution in [-0.4, -0.2) is 35.2 Å². The Labute approximate surface area is 120 Å². The van der Waals surface area contributed by atoms with Crippen LogP contribution in [0.15, 0.2) is 30.3 Å². The van der Waals surface area contributed by atoms with Gasteiger partial charge in [0.05, 0.1) is 5.69 Å². The first kappa shape index (κ1) is 13.2. The molecule has 2 heterocycles. The highest BCUT2D eigenvalue weighted by molar-refractivity contribution is 5.62. The second kappa shape index (κ2) is 5.67. The molecule has 0 aliphatic carbocycles. The molecule has 1 fully saturated rings. The molecule has 2 aromatic rings. The molecule has 1 saturated heterocycles. The molecule has 3 N–H and O–H groups in total. The average molecular weight is 270 g/mol. The predicted molar refractivity (Wildman–Crippen MR) is 82.5 cm³/mol. The molecule has 1 aliphatic heterocycles. The molecular weight excluding hydrogens is 248 g/mol. The third-order valence-corrected chi connectivity index (χ3v) is 4.24. The number of rotatable bonds is 2. The van der Waals surface area contributed by atoms with Gasteiger partial charge in [0.15, 0.2) is 0 Å². The number of nitrogens with two attached hydrogens (primary N) is 1. The van der Waals surface area contributed by atoms with Crippen molar-refractivity contribution < 1.29 is 0 Å². The Morgan fingerprint density at radius 3 is 2.70 bits per heavy atom. The zero-order valence-corrected chi connectivity index (χ0v) is 12.0. The van der Waals surface area contributed by atoms with E-state index in [1.165, 1.54) is 37.9 Å². The molecular formula is C16H22N4. The van der Waals surface area contributed by atoms with E-state index >= 15 is 0 Å². The zero-order chi connectivity index (χ0) is 13.9. The van der Waals surface area contributed by atoms with Crippen LogP contribution in [0.3, 0.4) is 0 Å². The highest BCUT2D eigenvalue weighted by atomic mass is 15.2. The van der Waals surface area contributed by atoms with Crippen molar-refractivity contribution in [3.63, 3.8) is 0 Å². The van der Waals surface area contributed by atoms with E-state index in [1.807, 2.05) is 6.07 Å². The number of benzene rings is 1. The topological polar surface area (TPSA) is 57.9 Å². The highest BCUT2D eigenvalue weighted by Gasteiger charge is 2.16. The van der Waals surface area contributed by atoms with Crippen molar-refractivity contribution in [3.8, 4) is 11.3 Å². The predicted octanol–water partition coefficient (Wildman–Crippen LogP) is 2.86. The lowest BCUT2D eigenvalue weighted by Gasteiger charge is -2.15. The first-order chi connectivity index (χ1) is 9.72. The first-order valence-electron chi connectivity index (χ1n) is 7.32. The zero-order valence-electron chi connectivity index (χ0n) is 12.0. The van der Waals surface area contributed by atoms with Crippen molar-refractivity contribution in [3.05, 3.63) is 35.9 Å². The smallest absolute Gasteiger partial charge is 0.145 e. The van der Waals surface area contributed by atoms with Gasteiger partial charge in [0.1, 0.15) is 5.82 Å². The van der Waals surface area contributed by atoms with Crippen LogP contribution in [-0.2, 0) is 0 Å². The van der Waals surface area contributed by atoms with Crippen LogP contribution in [0.1, 0.15) is 30.7 Å². The third-order valence-electron chi connectivity index (χ3n) is 4.24. The number of nitrogens with one attached hydrogen (secondary N) is 1. The molecule has 0 saturated carbocycles. The molecule has 1 unspecified atom stereocenters. The van der Waals surface area contributed by atoms with Crippen LogP contribution in [0.4, 0.5) is 5.82 Å². The van der Waals surface area contributed by atoms with Gasteiger partial charge >= 0.3 is 0 Å². The second-order valence-corrected chi connectivity index (χ2v) is 5.76. The van der Waals surface area contributed by atoms with Crippen LogP contribution in [0, 0.1) is 0 Å². The van der Waals surface area contributed by atoms with Gasteiger partial charge < -0.3 is 10.6 Å². The van der Waals surface area contributed by atoms with Crippen molar-refractivity contribution in [1.82, 2.24) is 15.1 Å². The number of nitrogens with zero attached hydrogens (tertiary/aromatic N) is 2. The van der Waals surface area contributed by atoms with E-state index in [-0.39, 0.29) is 0 Å². The fourth-order valence-electron chi connectivity index (χ4n) is 2.99. The Morgan fingerprint density at radius 1 is 1.20 bits per heavy atom. The Kier molecular flexibility index (Phi) is 3.74. The Morgan fingerprint density at radius 2 is 2.00 bits per heavy atom. The lowest BCUT2D eigenvalue weighted by Crippen LogP contribution is -2.18. The fraction of sp³-hybridized carbons (Fsp3) is 0.438. The summed E-state index contributed by atoms with van der Waals surface area (Å²) >= 11 is 0. The van der Waals surface area contributed by atoms with Gasteiger partial charge in [0.25, 0.3) is 0 Å². The number of H-pyrrole nitrogens is 1. The Hall–Kier alpha value is -1.81. The second-order valence-electron chi connectivity index (χ2n) is 5.76. The summed E-state index contributed by atoms with van der Waals surface area (Å²) in [5, 5.41) is 6.93. The van der Waals surface area contributed by atoms with Crippen LogP contribution >= 0.6 is 0 Å². The molecule has 0 spiro atoms. The van der Waals surface area contributed by atoms with E-state index in [4.69, 9.17) is 5.73 Å². The van der Waals surface area contributed by atoms with Crippen molar-refractivity contribution in [2.45, 2.75) is 25.2 Å². The van der Waals surface area contributed by atoms with Gasteiger partial charge in [-0.3, -0.25) is 5.10 Å². The van der Waals surface area contributed by atoms with E-state index < -0.39 is 0 Å². The van der Waals surface area contributed by atoms with Gasteiger partial charge in [0, 0.05) is 6.07 Å². The minimum Gasteiger partial charge on any atom is -0.382 e. The molecule has 106 valence electrons. The molecule has 0 radical (unpaired) electrons. The van der Waals surface area contributed by atoms with Crippen molar-refractivity contribution >= 4 is 5.82 Å². The number of nitrogen functional groups attached to an aromatic ring is 1. The maximum Gasteiger partial charge on any atom is 0.145 e. The summed E-state index contributed by atoms with van der Waals surface area (Å²) in [7, 11) is 2.22. The summed E-state index contributed by atoms with van der Waals surface area (Å²) in [5.41, 5.74) is 9.22. The summed E-state index contributed by atoms with van der Waals surface area (Å²) in [6.45, 7) is 2.42. The molecule has 1 aromatic carbocycles. The van der Waals surface area contributed by atoms with Gasteiger partial charge in [0.2, 0.25) is 0 Å². The number of hydrogen-bond donors (Lipinski definition) is 2.